The molecule has 1 aromatic rings. The Kier molecular flexibility index (Phi) is 5.33. The molecule has 0 aromatic carbocycles. The number of anilines is 1. The summed E-state index contributed by atoms with van der Waals surface area (Å²) in [4.78, 5) is 18.7. The van der Waals surface area contributed by atoms with E-state index in [0.717, 1.165) is 43.9 Å². The summed E-state index contributed by atoms with van der Waals surface area (Å²) in [5.74, 6) is 1.01. The summed E-state index contributed by atoms with van der Waals surface area (Å²) in [6.45, 7) is 5.45. The number of nitrogens with zero attached hydrogens (tertiary/aromatic N) is 2. The first kappa shape index (κ1) is 16.1. The number of pyridine rings is 1. The van der Waals surface area contributed by atoms with Crippen molar-refractivity contribution in [2.24, 2.45) is 0 Å². The number of hydrogen-bond acceptors (Lipinski definition) is 4. The van der Waals surface area contributed by atoms with E-state index >= 15 is 0 Å². The first-order valence-electron chi connectivity index (χ1n) is 8.58. The second-order valence-corrected chi connectivity index (χ2v) is 6.38. The number of urea groups is 1. The van der Waals surface area contributed by atoms with Gasteiger partial charge in [0.15, 0.2) is 0 Å². The van der Waals surface area contributed by atoms with Crippen molar-refractivity contribution < 1.29 is 9.53 Å². The van der Waals surface area contributed by atoms with Gasteiger partial charge in [0.1, 0.15) is 5.82 Å². The quantitative estimate of drug-likeness (QED) is 0.872. The number of ether oxygens (including phenoxy) is 1. The van der Waals surface area contributed by atoms with E-state index in [9.17, 15) is 4.79 Å². The van der Waals surface area contributed by atoms with Crippen LogP contribution in [0.15, 0.2) is 18.3 Å². The Morgan fingerprint density at radius 3 is 3.00 bits per heavy atom. The van der Waals surface area contributed by atoms with Crippen molar-refractivity contribution in [3.8, 4) is 0 Å². The molecule has 0 spiro atoms. The van der Waals surface area contributed by atoms with Gasteiger partial charge in [0.25, 0.3) is 0 Å². The summed E-state index contributed by atoms with van der Waals surface area (Å²) < 4.78 is 5.59. The van der Waals surface area contributed by atoms with Gasteiger partial charge in [0.2, 0.25) is 0 Å². The van der Waals surface area contributed by atoms with Crippen molar-refractivity contribution >= 4 is 11.8 Å². The molecule has 1 aromatic heterocycles. The molecule has 0 radical (unpaired) electrons. The van der Waals surface area contributed by atoms with Crippen molar-refractivity contribution in [1.82, 2.24) is 15.6 Å². The number of carbonyl (C=O) groups is 1. The van der Waals surface area contributed by atoms with E-state index in [0.29, 0.717) is 6.54 Å². The van der Waals surface area contributed by atoms with E-state index in [1.165, 1.54) is 12.8 Å². The first-order chi connectivity index (χ1) is 11.2. The van der Waals surface area contributed by atoms with Gasteiger partial charge in [-0.15, -0.1) is 0 Å². The number of rotatable bonds is 5. The highest BCUT2D eigenvalue weighted by Crippen LogP contribution is 2.18. The van der Waals surface area contributed by atoms with Gasteiger partial charge in [-0.05, 0) is 50.3 Å². The lowest BCUT2D eigenvalue weighted by atomic mass is 10.1. The highest BCUT2D eigenvalue weighted by molar-refractivity contribution is 5.74. The summed E-state index contributed by atoms with van der Waals surface area (Å²) in [6, 6.07) is 3.90. The number of nitrogens with one attached hydrogen (secondary N) is 2. The molecule has 0 aliphatic carbocycles. The number of hydrogen-bond donors (Lipinski definition) is 2. The molecule has 126 valence electrons. The Hall–Kier alpha value is -1.82. The molecule has 3 rings (SSSR count). The summed E-state index contributed by atoms with van der Waals surface area (Å²) >= 11 is 0. The Labute approximate surface area is 137 Å². The number of aromatic nitrogens is 1. The molecule has 2 amide bonds. The van der Waals surface area contributed by atoms with Crippen LogP contribution in [0.25, 0.3) is 0 Å². The highest BCUT2D eigenvalue weighted by Gasteiger charge is 2.23. The second kappa shape index (κ2) is 7.64. The topological polar surface area (TPSA) is 66.5 Å². The molecule has 6 heteroatoms. The minimum atomic E-state index is -0.146. The van der Waals surface area contributed by atoms with Gasteiger partial charge in [-0.2, -0.15) is 0 Å². The van der Waals surface area contributed by atoms with Gasteiger partial charge in [0, 0.05) is 32.4 Å². The molecule has 2 N–H and O–H groups in total. The molecule has 0 saturated carbocycles. The Balaban J connectivity index is 1.47. The zero-order valence-electron chi connectivity index (χ0n) is 13.8. The molecule has 3 heterocycles. The van der Waals surface area contributed by atoms with E-state index in [-0.39, 0.29) is 18.2 Å². The van der Waals surface area contributed by atoms with E-state index in [4.69, 9.17) is 4.74 Å². The largest absolute Gasteiger partial charge is 0.376 e. The molecule has 2 saturated heterocycles. The zero-order chi connectivity index (χ0) is 16.1. The molecular weight excluding hydrogens is 292 g/mol. The normalized spacial score (nSPS) is 22.1. The van der Waals surface area contributed by atoms with Crippen molar-refractivity contribution in [1.29, 1.82) is 0 Å². The van der Waals surface area contributed by atoms with Gasteiger partial charge < -0.3 is 20.3 Å². The van der Waals surface area contributed by atoms with Crippen LogP contribution in [-0.2, 0) is 11.3 Å². The molecular formula is C17H26N4O2. The van der Waals surface area contributed by atoms with Crippen LogP contribution >= 0.6 is 0 Å². The number of carbonyl (C=O) groups excluding carboxylic acids is 1. The summed E-state index contributed by atoms with van der Waals surface area (Å²) in [6.07, 6.45) is 6.52. The lowest BCUT2D eigenvalue weighted by Gasteiger charge is -2.20. The average molecular weight is 318 g/mol. The third-order valence-corrected chi connectivity index (χ3v) is 4.57. The van der Waals surface area contributed by atoms with Gasteiger partial charge in [-0.1, -0.05) is 0 Å². The third-order valence-electron chi connectivity index (χ3n) is 4.57. The van der Waals surface area contributed by atoms with E-state index in [2.05, 4.69) is 26.6 Å². The maximum atomic E-state index is 12.0. The van der Waals surface area contributed by atoms with Gasteiger partial charge >= 0.3 is 6.03 Å². The average Bonchev–Trinajstić information content (AvgIpc) is 3.26. The Morgan fingerprint density at radius 2 is 2.26 bits per heavy atom. The van der Waals surface area contributed by atoms with Crippen molar-refractivity contribution in [3.63, 3.8) is 0 Å². The number of amides is 2. The minimum Gasteiger partial charge on any atom is -0.376 e. The Morgan fingerprint density at radius 1 is 1.43 bits per heavy atom. The fourth-order valence-corrected chi connectivity index (χ4v) is 3.22. The molecule has 23 heavy (non-hydrogen) atoms. The summed E-state index contributed by atoms with van der Waals surface area (Å²) in [5, 5.41) is 5.88. The molecule has 2 aliphatic rings. The standard InChI is InChI=1S/C17H26N4O2/c1-13(15-5-4-10-23-15)20-17(22)19-12-14-6-7-18-16(11-14)21-8-2-3-9-21/h6-7,11,13,15H,2-5,8-10,12H2,1H3,(H2,19,20,22)/t13-,15-/m1/s1. The van der Waals surface area contributed by atoms with Crippen molar-refractivity contribution in [2.45, 2.75) is 51.3 Å². The predicted molar refractivity (Wildman–Crippen MR) is 89.5 cm³/mol. The van der Waals surface area contributed by atoms with Crippen LogP contribution in [-0.4, -0.2) is 42.9 Å². The molecule has 0 unspecified atom stereocenters. The van der Waals surface area contributed by atoms with E-state index < -0.39 is 0 Å². The fourth-order valence-electron chi connectivity index (χ4n) is 3.22. The Bertz CT molecular complexity index is 525. The van der Waals surface area contributed by atoms with Gasteiger partial charge in [0.05, 0.1) is 12.1 Å². The molecule has 2 fully saturated rings. The predicted octanol–water partition coefficient (Wildman–Crippen LogP) is 2.05. The second-order valence-electron chi connectivity index (χ2n) is 6.38. The van der Waals surface area contributed by atoms with Crippen LogP contribution in [0.2, 0.25) is 0 Å². The monoisotopic (exact) mass is 318 g/mol. The summed E-state index contributed by atoms with van der Waals surface area (Å²) in [7, 11) is 0. The zero-order valence-corrected chi connectivity index (χ0v) is 13.8. The van der Waals surface area contributed by atoms with E-state index in [1.54, 1.807) is 0 Å². The fraction of sp³-hybridized carbons (Fsp3) is 0.647. The molecule has 0 bridgehead atoms. The SMILES string of the molecule is C[C@@H](NC(=O)NCc1ccnc(N2CCCC2)c1)[C@H]1CCCO1. The van der Waals surface area contributed by atoms with Crippen molar-refractivity contribution in [2.75, 3.05) is 24.6 Å². The van der Waals surface area contributed by atoms with Crippen molar-refractivity contribution in [3.05, 3.63) is 23.9 Å². The van der Waals surface area contributed by atoms with Crippen LogP contribution in [0, 0.1) is 0 Å². The lowest BCUT2D eigenvalue weighted by molar-refractivity contribution is 0.0860. The highest BCUT2D eigenvalue weighted by atomic mass is 16.5. The maximum absolute atomic E-state index is 12.0. The van der Waals surface area contributed by atoms with E-state index in [1.807, 2.05) is 19.2 Å². The molecule has 2 atom stereocenters. The third kappa shape index (κ3) is 4.34. The van der Waals surface area contributed by atoms with Crippen LogP contribution in [0.4, 0.5) is 10.6 Å². The maximum Gasteiger partial charge on any atom is 0.315 e. The van der Waals surface area contributed by atoms with Gasteiger partial charge in [-0.25, -0.2) is 9.78 Å². The van der Waals surface area contributed by atoms with Gasteiger partial charge in [-0.3, -0.25) is 0 Å². The minimum absolute atomic E-state index is 0.0371. The van der Waals surface area contributed by atoms with Crippen LogP contribution in [0.5, 0.6) is 0 Å². The molecule has 2 aliphatic heterocycles. The van der Waals surface area contributed by atoms with Crippen LogP contribution < -0.4 is 15.5 Å². The van der Waals surface area contributed by atoms with Crippen LogP contribution in [0.1, 0.15) is 38.2 Å². The molecule has 6 nitrogen and oxygen atoms in total. The smallest absolute Gasteiger partial charge is 0.315 e. The lowest BCUT2D eigenvalue weighted by Crippen LogP contribution is -2.45. The van der Waals surface area contributed by atoms with Crippen LogP contribution in [0.3, 0.4) is 0 Å². The summed E-state index contributed by atoms with van der Waals surface area (Å²) in [5.41, 5.74) is 1.07. The first-order valence-corrected chi connectivity index (χ1v) is 8.58.